The van der Waals surface area contributed by atoms with Crippen LogP contribution in [0.5, 0.6) is 0 Å². The van der Waals surface area contributed by atoms with Gasteiger partial charge in [0.05, 0.1) is 18.0 Å². The lowest BCUT2D eigenvalue weighted by Gasteiger charge is -2.28. The first kappa shape index (κ1) is 16.2. The van der Waals surface area contributed by atoms with Gasteiger partial charge in [0, 0.05) is 23.7 Å². The molecule has 6 nitrogen and oxygen atoms in total. The van der Waals surface area contributed by atoms with Gasteiger partial charge in [-0.05, 0) is 30.9 Å². The van der Waals surface area contributed by atoms with Crippen molar-refractivity contribution in [2.75, 3.05) is 0 Å². The highest BCUT2D eigenvalue weighted by Gasteiger charge is 2.36. The average Bonchev–Trinajstić information content (AvgIpc) is 2.88. The molecule has 6 heteroatoms. The monoisotopic (exact) mass is 327 g/mol. The SMILES string of the molecule is Cc1c(C(=O)NCc2ccccn2)oc2c1C(=NO)CC(C)(C)C2. The number of nitrogens with one attached hydrogen (secondary N) is 1. The maximum atomic E-state index is 12.5. The van der Waals surface area contributed by atoms with Crippen LogP contribution in [0.3, 0.4) is 0 Å². The third-order valence-corrected chi connectivity index (χ3v) is 4.28. The number of fused-ring (bicyclic) bond motifs is 1. The van der Waals surface area contributed by atoms with Crippen molar-refractivity contribution in [2.45, 2.75) is 40.2 Å². The molecule has 0 aliphatic heterocycles. The Morgan fingerprint density at radius 3 is 2.88 bits per heavy atom. The second-order valence-electron chi connectivity index (χ2n) is 6.92. The van der Waals surface area contributed by atoms with Crippen LogP contribution in [0.25, 0.3) is 0 Å². The van der Waals surface area contributed by atoms with Crippen molar-refractivity contribution in [3.63, 3.8) is 0 Å². The largest absolute Gasteiger partial charge is 0.455 e. The summed E-state index contributed by atoms with van der Waals surface area (Å²) >= 11 is 0. The van der Waals surface area contributed by atoms with Crippen LogP contribution in [0, 0.1) is 12.3 Å². The van der Waals surface area contributed by atoms with Gasteiger partial charge in [-0.3, -0.25) is 9.78 Å². The Kier molecular flexibility index (Phi) is 4.13. The van der Waals surface area contributed by atoms with Gasteiger partial charge in [0.15, 0.2) is 5.76 Å². The van der Waals surface area contributed by atoms with Gasteiger partial charge in [-0.2, -0.15) is 0 Å². The minimum Gasteiger partial charge on any atom is -0.455 e. The molecule has 1 aliphatic carbocycles. The molecule has 0 saturated heterocycles. The Bertz CT molecular complexity index is 791. The summed E-state index contributed by atoms with van der Waals surface area (Å²) in [6.45, 7) is 6.32. The molecule has 2 N–H and O–H groups in total. The fourth-order valence-corrected chi connectivity index (χ4v) is 3.17. The minimum atomic E-state index is -0.289. The molecule has 3 rings (SSSR count). The van der Waals surface area contributed by atoms with Crippen LogP contribution >= 0.6 is 0 Å². The number of aromatic nitrogens is 1. The van der Waals surface area contributed by atoms with E-state index in [0.717, 1.165) is 11.3 Å². The maximum absolute atomic E-state index is 12.5. The third kappa shape index (κ3) is 3.04. The molecule has 0 aromatic carbocycles. The zero-order chi connectivity index (χ0) is 17.3. The number of amides is 1. The van der Waals surface area contributed by atoms with Gasteiger partial charge in [0.2, 0.25) is 0 Å². The number of oxime groups is 1. The fraction of sp³-hybridized carbons (Fsp3) is 0.389. The second kappa shape index (κ2) is 6.11. The van der Waals surface area contributed by atoms with Crippen molar-refractivity contribution in [1.29, 1.82) is 0 Å². The first-order valence-electron chi connectivity index (χ1n) is 7.93. The quantitative estimate of drug-likeness (QED) is 0.670. The number of carbonyl (C=O) groups is 1. The molecule has 1 aliphatic rings. The van der Waals surface area contributed by atoms with Crippen molar-refractivity contribution in [2.24, 2.45) is 10.6 Å². The predicted molar refractivity (Wildman–Crippen MR) is 89.3 cm³/mol. The number of pyridine rings is 1. The van der Waals surface area contributed by atoms with E-state index in [1.165, 1.54) is 0 Å². The highest BCUT2D eigenvalue weighted by molar-refractivity contribution is 6.06. The van der Waals surface area contributed by atoms with Crippen molar-refractivity contribution < 1.29 is 14.4 Å². The first-order valence-corrected chi connectivity index (χ1v) is 7.93. The minimum absolute atomic E-state index is 0.0689. The first-order chi connectivity index (χ1) is 11.4. The van der Waals surface area contributed by atoms with Crippen LogP contribution in [0.4, 0.5) is 0 Å². The van der Waals surface area contributed by atoms with Gasteiger partial charge in [-0.1, -0.05) is 25.1 Å². The van der Waals surface area contributed by atoms with Gasteiger partial charge in [-0.15, -0.1) is 0 Å². The summed E-state index contributed by atoms with van der Waals surface area (Å²) < 4.78 is 5.83. The molecule has 0 radical (unpaired) electrons. The van der Waals surface area contributed by atoms with Crippen molar-refractivity contribution in [1.82, 2.24) is 10.3 Å². The number of nitrogens with zero attached hydrogens (tertiary/aromatic N) is 2. The van der Waals surface area contributed by atoms with E-state index in [2.05, 4.69) is 29.3 Å². The van der Waals surface area contributed by atoms with Gasteiger partial charge >= 0.3 is 0 Å². The fourth-order valence-electron chi connectivity index (χ4n) is 3.17. The van der Waals surface area contributed by atoms with Crippen molar-refractivity contribution in [3.8, 4) is 0 Å². The van der Waals surface area contributed by atoms with E-state index in [0.29, 0.717) is 36.4 Å². The zero-order valence-corrected chi connectivity index (χ0v) is 14.1. The van der Waals surface area contributed by atoms with Crippen LogP contribution in [-0.2, 0) is 13.0 Å². The van der Waals surface area contributed by atoms with Gasteiger partial charge in [0.25, 0.3) is 5.91 Å². The van der Waals surface area contributed by atoms with E-state index in [4.69, 9.17) is 4.42 Å². The summed E-state index contributed by atoms with van der Waals surface area (Å²) in [5, 5.41) is 15.6. The normalized spacial score (nSPS) is 17.5. The molecule has 0 atom stereocenters. The molecule has 2 heterocycles. The third-order valence-electron chi connectivity index (χ3n) is 4.28. The molecule has 0 saturated carbocycles. The number of rotatable bonds is 3. The summed E-state index contributed by atoms with van der Waals surface area (Å²) in [5.74, 6) is 0.692. The molecule has 24 heavy (non-hydrogen) atoms. The molecule has 2 aromatic heterocycles. The number of furan rings is 1. The highest BCUT2D eigenvalue weighted by Crippen LogP contribution is 2.38. The average molecular weight is 327 g/mol. The summed E-state index contributed by atoms with van der Waals surface area (Å²) in [4.78, 5) is 16.7. The number of hydrogen-bond acceptors (Lipinski definition) is 5. The van der Waals surface area contributed by atoms with E-state index in [1.54, 1.807) is 6.20 Å². The Morgan fingerprint density at radius 2 is 2.21 bits per heavy atom. The van der Waals surface area contributed by atoms with E-state index >= 15 is 0 Å². The predicted octanol–water partition coefficient (Wildman–Crippen LogP) is 3.06. The Balaban J connectivity index is 1.85. The van der Waals surface area contributed by atoms with E-state index in [1.807, 2.05) is 25.1 Å². The van der Waals surface area contributed by atoms with Crippen LogP contribution in [0.2, 0.25) is 0 Å². The molecule has 0 fully saturated rings. The summed E-state index contributed by atoms with van der Waals surface area (Å²) in [6.07, 6.45) is 3.03. The lowest BCUT2D eigenvalue weighted by Crippen LogP contribution is -2.27. The second-order valence-corrected chi connectivity index (χ2v) is 6.92. The lowest BCUT2D eigenvalue weighted by molar-refractivity contribution is 0.0918. The maximum Gasteiger partial charge on any atom is 0.287 e. The molecular weight excluding hydrogens is 306 g/mol. The molecular formula is C18H21N3O3. The summed E-state index contributed by atoms with van der Waals surface area (Å²) in [6, 6.07) is 5.55. The molecule has 1 amide bonds. The van der Waals surface area contributed by atoms with Crippen LogP contribution in [-0.4, -0.2) is 21.8 Å². The van der Waals surface area contributed by atoms with E-state index in [-0.39, 0.29) is 17.1 Å². The van der Waals surface area contributed by atoms with Crippen molar-refractivity contribution >= 4 is 11.6 Å². The Morgan fingerprint density at radius 1 is 1.42 bits per heavy atom. The number of hydrogen-bond donors (Lipinski definition) is 2. The Hall–Kier alpha value is -2.63. The molecule has 2 aromatic rings. The van der Waals surface area contributed by atoms with Gasteiger partial charge < -0.3 is 14.9 Å². The van der Waals surface area contributed by atoms with E-state index in [9.17, 15) is 10.0 Å². The smallest absolute Gasteiger partial charge is 0.287 e. The standard InChI is InChI=1S/C18H21N3O3/c1-11-15-13(21-23)8-18(2,3)9-14(15)24-16(11)17(22)20-10-12-6-4-5-7-19-12/h4-7,23H,8-10H2,1-3H3,(H,20,22). The van der Waals surface area contributed by atoms with Gasteiger partial charge in [0.1, 0.15) is 5.76 Å². The topological polar surface area (TPSA) is 87.7 Å². The lowest BCUT2D eigenvalue weighted by atomic mass is 9.75. The molecule has 0 unspecified atom stereocenters. The molecule has 0 bridgehead atoms. The summed E-state index contributed by atoms with van der Waals surface area (Å²) in [7, 11) is 0. The van der Waals surface area contributed by atoms with E-state index < -0.39 is 0 Å². The van der Waals surface area contributed by atoms with Crippen LogP contribution < -0.4 is 5.32 Å². The van der Waals surface area contributed by atoms with Crippen molar-refractivity contribution in [3.05, 3.63) is 52.7 Å². The highest BCUT2D eigenvalue weighted by atomic mass is 16.4. The summed E-state index contributed by atoms with van der Waals surface area (Å²) in [5.41, 5.74) is 2.76. The zero-order valence-electron chi connectivity index (χ0n) is 14.1. The van der Waals surface area contributed by atoms with Crippen LogP contribution in [0.15, 0.2) is 34.0 Å². The van der Waals surface area contributed by atoms with Gasteiger partial charge in [-0.25, -0.2) is 0 Å². The molecule has 0 spiro atoms. The number of carbonyl (C=O) groups excluding carboxylic acids is 1. The Labute approximate surface area is 140 Å². The van der Waals surface area contributed by atoms with Crippen LogP contribution in [0.1, 0.15) is 53.4 Å². The molecule has 126 valence electrons.